The number of hydrogen-bond acceptors (Lipinski definition) is 7. The predicted octanol–water partition coefficient (Wildman–Crippen LogP) is 3.65. The fourth-order valence-electron chi connectivity index (χ4n) is 3.63. The zero-order valence-corrected chi connectivity index (χ0v) is 17.8. The van der Waals surface area contributed by atoms with Crippen LogP contribution in [0.25, 0.3) is 6.08 Å². The topological polar surface area (TPSA) is 79.3 Å². The minimum Gasteiger partial charge on any atom is -0.507 e. The molecule has 1 aromatic heterocycles. The first-order valence-electron chi connectivity index (χ1n) is 9.95. The van der Waals surface area contributed by atoms with Crippen LogP contribution < -0.4 is 4.74 Å². The summed E-state index contributed by atoms with van der Waals surface area (Å²) < 4.78 is 11.0. The van der Waals surface area contributed by atoms with Crippen LogP contribution in [-0.2, 0) is 11.3 Å². The van der Waals surface area contributed by atoms with Crippen molar-refractivity contribution in [1.29, 1.82) is 0 Å². The van der Waals surface area contributed by atoms with Crippen molar-refractivity contribution in [2.45, 2.75) is 20.4 Å². The summed E-state index contributed by atoms with van der Waals surface area (Å²) in [7, 11) is 0. The minimum atomic E-state index is -0.298. The third kappa shape index (κ3) is 3.93. The molecule has 2 aromatic rings. The van der Waals surface area contributed by atoms with Crippen LogP contribution in [-0.4, -0.2) is 59.6 Å². The number of thiophene rings is 1. The van der Waals surface area contributed by atoms with Gasteiger partial charge in [-0.2, -0.15) is 0 Å². The molecule has 4 rings (SSSR count). The van der Waals surface area contributed by atoms with E-state index in [1.54, 1.807) is 41.4 Å². The van der Waals surface area contributed by atoms with Crippen molar-refractivity contribution in [3.05, 3.63) is 50.9 Å². The van der Waals surface area contributed by atoms with E-state index in [1.165, 1.54) is 0 Å². The number of fused-ring (bicyclic) bond motifs is 1. The number of allylic oxidation sites excluding steroid dienone is 1. The summed E-state index contributed by atoms with van der Waals surface area (Å²) in [5, 5.41) is 12.4. The van der Waals surface area contributed by atoms with E-state index in [0.717, 1.165) is 10.4 Å². The van der Waals surface area contributed by atoms with Crippen molar-refractivity contribution in [2.75, 3.05) is 32.8 Å². The summed E-state index contributed by atoms with van der Waals surface area (Å²) >= 11 is 1.55. The number of phenolic OH excluding ortho intramolecular Hbond substituents is 1. The smallest absolute Gasteiger partial charge is 0.409 e. The highest BCUT2D eigenvalue weighted by molar-refractivity contribution is 7.11. The van der Waals surface area contributed by atoms with Gasteiger partial charge in [0.15, 0.2) is 5.76 Å². The van der Waals surface area contributed by atoms with Gasteiger partial charge in [0.05, 0.1) is 17.7 Å². The second kappa shape index (κ2) is 8.49. The number of phenols is 1. The van der Waals surface area contributed by atoms with Crippen LogP contribution in [0.1, 0.15) is 33.3 Å². The van der Waals surface area contributed by atoms with Gasteiger partial charge in [-0.15, -0.1) is 11.3 Å². The largest absolute Gasteiger partial charge is 0.507 e. The van der Waals surface area contributed by atoms with Crippen LogP contribution in [0.15, 0.2) is 29.3 Å². The van der Waals surface area contributed by atoms with Crippen molar-refractivity contribution in [3.63, 3.8) is 0 Å². The lowest BCUT2D eigenvalue weighted by molar-refractivity contribution is 0.0774. The maximum atomic E-state index is 12.8. The third-order valence-electron chi connectivity index (χ3n) is 5.36. The van der Waals surface area contributed by atoms with E-state index in [2.05, 4.69) is 4.90 Å². The van der Waals surface area contributed by atoms with Gasteiger partial charge in [-0.1, -0.05) is 0 Å². The number of ether oxygens (including phenoxy) is 2. The number of hydrogen-bond donors (Lipinski definition) is 1. The number of aromatic hydroxyl groups is 1. The predicted molar refractivity (Wildman–Crippen MR) is 114 cm³/mol. The van der Waals surface area contributed by atoms with Crippen molar-refractivity contribution >= 4 is 29.3 Å². The standard InChI is InChI=1S/C22H24N2O5S/c1-3-28-22(27)24-9-7-23(8-10-24)13-16-17(25)5-4-15-20(26)18(29-21(15)16)12-19-14(2)6-11-30-19/h4-6,11-12,25H,3,7-10,13H2,1-2H3/b18-12+. The molecule has 1 N–H and O–H groups in total. The summed E-state index contributed by atoms with van der Waals surface area (Å²) in [4.78, 5) is 29.5. The Hall–Kier alpha value is -2.84. The van der Waals surface area contributed by atoms with E-state index in [1.807, 2.05) is 18.4 Å². The molecule has 0 unspecified atom stereocenters. The van der Waals surface area contributed by atoms with Crippen molar-refractivity contribution in [2.24, 2.45) is 0 Å². The van der Waals surface area contributed by atoms with E-state index >= 15 is 0 Å². The second-order valence-electron chi connectivity index (χ2n) is 7.31. The Balaban J connectivity index is 1.51. The first-order chi connectivity index (χ1) is 14.5. The number of nitrogens with zero attached hydrogens (tertiary/aromatic N) is 2. The van der Waals surface area contributed by atoms with Crippen LogP contribution in [0.5, 0.6) is 11.5 Å². The Morgan fingerprint density at radius 3 is 2.70 bits per heavy atom. The Morgan fingerprint density at radius 1 is 1.27 bits per heavy atom. The molecular weight excluding hydrogens is 404 g/mol. The molecule has 3 heterocycles. The van der Waals surface area contributed by atoms with Crippen molar-refractivity contribution in [1.82, 2.24) is 9.80 Å². The van der Waals surface area contributed by atoms with Crippen molar-refractivity contribution in [3.8, 4) is 11.5 Å². The fourth-order valence-corrected chi connectivity index (χ4v) is 4.48. The zero-order chi connectivity index (χ0) is 21.3. The van der Waals surface area contributed by atoms with E-state index in [4.69, 9.17) is 9.47 Å². The van der Waals surface area contributed by atoms with Gasteiger partial charge < -0.3 is 19.5 Å². The molecule has 0 aliphatic carbocycles. The lowest BCUT2D eigenvalue weighted by Crippen LogP contribution is -2.48. The zero-order valence-electron chi connectivity index (χ0n) is 17.0. The van der Waals surface area contributed by atoms with Crippen LogP contribution >= 0.6 is 11.3 Å². The minimum absolute atomic E-state index is 0.0999. The molecule has 158 valence electrons. The van der Waals surface area contributed by atoms with E-state index in [-0.39, 0.29) is 23.4 Å². The first-order valence-corrected chi connectivity index (χ1v) is 10.8. The number of amides is 1. The highest BCUT2D eigenvalue weighted by atomic mass is 32.1. The Labute approximate surface area is 179 Å². The molecule has 0 bridgehead atoms. The number of benzene rings is 1. The van der Waals surface area contributed by atoms with Gasteiger partial charge in [0, 0.05) is 43.7 Å². The van der Waals surface area contributed by atoms with Gasteiger partial charge in [-0.3, -0.25) is 9.69 Å². The summed E-state index contributed by atoms with van der Waals surface area (Å²) in [5.74, 6) is 0.622. The van der Waals surface area contributed by atoms with Crippen molar-refractivity contribution < 1.29 is 24.2 Å². The quantitative estimate of drug-likeness (QED) is 0.749. The van der Waals surface area contributed by atoms with Gasteiger partial charge in [0.1, 0.15) is 11.5 Å². The van der Waals surface area contributed by atoms with Crippen LogP contribution in [0.4, 0.5) is 4.79 Å². The maximum absolute atomic E-state index is 12.8. The number of carbonyl (C=O) groups excluding carboxylic acids is 2. The average Bonchev–Trinajstić information content (AvgIpc) is 3.28. The molecule has 1 aromatic carbocycles. The highest BCUT2D eigenvalue weighted by Gasteiger charge is 2.32. The summed E-state index contributed by atoms with van der Waals surface area (Å²) in [5.41, 5.74) is 2.15. The molecule has 2 aliphatic rings. The second-order valence-corrected chi connectivity index (χ2v) is 8.26. The van der Waals surface area contributed by atoms with Gasteiger partial charge in [0.2, 0.25) is 5.78 Å². The van der Waals surface area contributed by atoms with Gasteiger partial charge in [0.25, 0.3) is 0 Å². The molecule has 1 amide bonds. The molecule has 0 radical (unpaired) electrons. The molecule has 30 heavy (non-hydrogen) atoms. The van der Waals surface area contributed by atoms with Crippen LogP contribution in [0.3, 0.4) is 0 Å². The van der Waals surface area contributed by atoms with Gasteiger partial charge in [-0.25, -0.2) is 4.79 Å². The van der Waals surface area contributed by atoms with Crippen LogP contribution in [0, 0.1) is 6.92 Å². The molecule has 1 saturated heterocycles. The lowest BCUT2D eigenvalue weighted by atomic mass is 10.0. The molecule has 7 nitrogen and oxygen atoms in total. The van der Waals surface area contributed by atoms with E-state index in [0.29, 0.717) is 56.2 Å². The highest BCUT2D eigenvalue weighted by Crippen LogP contribution is 2.40. The molecule has 1 fully saturated rings. The van der Waals surface area contributed by atoms with Crippen LogP contribution in [0.2, 0.25) is 0 Å². The normalized spacial score (nSPS) is 17.9. The molecule has 8 heteroatoms. The Bertz CT molecular complexity index is 1000. The number of Topliss-reactive ketones (excluding diaryl/α,β-unsaturated/α-hetero) is 1. The molecule has 0 saturated carbocycles. The van der Waals surface area contributed by atoms with Gasteiger partial charge >= 0.3 is 6.09 Å². The Kier molecular flexibility index (Phi) is 5.78. The molecular formula is C22H24N2O5S. The monoisotopic (exact) mass is 428 g/mol. The number of carbonyl (C=O) groups is 2. The summed E-state index contributed by atoms with van der Waals surface area (Å²) in [6.45, 7) is 6.97. The SMILES string of the molecule is CCOC(=O)N1CCN(Cc2c(O)ccc3c2O/C(=C/c2sccc2C)C3=O)CC1. The maximum Gasteiger partial charge on any atom is 0.409 e. The number of ketones is 1. The number of aryl methyl sites for hydroxylation is 1. The summed E-state index contributed by atoms with van der Waals surface area (Å²) in [6.07, 6.45) is 1.47. The average molecular weight is 429 g/mol. The summed E-state index contributed by atoms with van der Waals surface area (Å²) in [6, 6.07) is 5.15. The lowest BCUT2D eigenvalue weighted by Gasteiger charge is -2.34. The van der Waals surface area contributed by atoms with Gasteiger partial charge in [-0.05, 0) is 43.0 Å². The van der Waals surface area contributed by atoms with E-state index in [9.17, 15) is 14.7 Å². The van der Waals surface area contributed by atoms with E-state index < -0.39 is 0 Å². The number of rotatable bonds is 4. The molecule has 0 atom stereocenters. The third-order valence-corrected chi connectivity index (χ3v) is 6.33. The Morgan fingerprint density at radius 2 is 2.03 bits per heavy atom. The molecule has 2 aliphatic heterocycles. The molecule has 0 spiro atoms. The fraction of sp³-hybridized carbons (Fsp3) is 0.364. The number of piperazine rings is 1. The first kappa shape index (κ1) is 20.4.